The van der Waals surface area contributed by atoms with Gasteiger partial charge < -0.3 is 14.8 Å². The van der Waals surface area contributed by atoms with Crippen LogP contribution in [0.15, 0.2) is 18.2 Å². The molecule has 1 N–H and O–H groups in total. The second-order valence-corrected chi connectivity index (χ2v) is 4.49. The highest BCUT2D eigenvalue weighted by Gasteiger charge is 2.33. The van der Waals surface area contributed by atoms with Gasteiger partial charge in [0.1, 0.15) is 0 Å². The predicted octanol–water partition coefficient (Wildman–Crippen LogP) is 3.82. The minimum atomic E-state index is -4.45. The molecule has 1 rings (SSSR count). The molecule has 114 valence electrons. The molecule has 0 unspecified atom stereocenters. The molecular formula is C13H17ClF3NO2. The Hall–Kier alpha value is -0.980. The lowest BCUT2D eigenvalue weighted by molar-refractivity contribution is -0.137. The van der Waals surface area contributed by atoms with Crippen molar-refractivity contribution >= 4 is 17.3 Å². The number of methoxy groups -OCH3 is 1. The summed E-state index contributed by atoms with van der Waals surface area (Å²) in [5, 5.41) is 2.55. The molecule has 0 saturated heterocycles. The van der Waals surface area contributed by atoms with Crippen molar-refractivity contribution < 1.29 is 22.6 Å². The molecule has 0 bridgehead atoms. The highest BCUT2D eigenvalue weighted by atomic mass is 35.5. The summed E-state index contributed by atoms with van der Waals surface area (Å²) in [6.45, 7) is 2.02. The van der Waals surface area contributed by atoms with Crippen LogP contribution in [0.5, 0.6) is 0 Å². The van der Waals surface area contributed by atoms with Crippen LogP contribution in [0, 0.1) is 0 Å². The number of anilines is 1. The Labute approximate surface area is 121 Å². The monoisotopic (exact) mass is 311 g/mol. The van der Waals surface area contributed by atoms with Crippen molar-refractivity contribution in [3.8, 4) is 0 Å². The van der Waals surface area contributed by atoms with Gasteiger partial charge in [0.15, 0.2) is 0 Å². The Morgan fingerprint density at radius 2 is 1.95 bits per heavy atom. The fourth-order valence-corrected chi connectivity index (χ4v) is 1.75. The zero-order chi connectivity index (χ0) is 15.0. The lowest BCUT2D eigenvalue weighted by atomic mass is 10.2. The molecule has 3 nitrogen and oxygen atoms in total. The molecule has 0 fully saturated rings. The molecule has 0 heterocycles. The Balaban J connectivity index is 2.38. The van der Waals surface area contributed by atoms with Gasteiger partial charge in [0.05, 0.1) is 17.2 Å². The fraction of sp³-hybridized carbons (Fsp3) is 0.538. The van der Waals surface area contributed by atoms with E-state index in [1.54, 1.807) is 7.11 Å². The zero-order valence-corrected chi connectivity index (χ0v) is 11.9. The fourth-order valence-electron chi connectivity index (χ4n) is 1.53. The first kappa shape index (κ1) is 17.1. The van der Waals surface area contributed by atoms with Crippen LogP contribution in [0.1, 0.15) is 12.0 Å². The van der Waals surface area contributed by atoms with Gasteiger partial charge in [0.2, 0.25) is 0 Å². The minimum Gasteiger partial charge on any atom is -0.385 e. The lowest BCUT2D eigenvalue weighted by Crippen LogP contribution is -2.12. The number of alkyl halides is 3. The highest BCUT2D eigenvalue weighted by molar-refractivity contribution is 6.31. The molecule has 1 aromatic carbocycles. The molecule has 7 heteroatoms. The van der Waals surface area contributed by atoms with Gasteiger partial charge in [-0.2, -0.15) is 13.2 Å². The third kappa shape index (κ3) is 5.98. The third-order valence-corrected chi connectivity index (χ3v) is 2.81. The quantitative estimate of drug-likeness (QED) is 0.740. The van der Waals surface area contributed by atoms with Gasteiger partial charge >= 0.3 is 6.18 Å². The van der Waals surface area contributed by atoms with Gasteiger partial charge in [-0.3, -0.25) is 0 Å². The van der Waals surface area contributed by atoms with Crippen molar-refractivity contribution in [3.63, 3.8) is 0 Å². The summed E-state index contributed by atoms with van der Waals surface area (Å²) in [5.74, 6) is 0. The summed E-state index contributed by atoms with van der Waals surface area (Å²) in [6, 6.07) is 3.72. The molecule has 0 saturated carbocycles. The summed E-state index contributed by atoms with van der Waals surface area (Å²) in [6.07, 6.45) is -3.67. The molecule has 0 aromatic heterocycles. The topological polar surface area (TPSA) is 30.5 Å². The second kappa shape index (κ2) is 8.34. The first-order valence-corrected chi connectivity index (χ1v) is 6.50. The third-order valence-electron chi connectivity index (χ3n) is 2.48. The zero-order valence-electron chi connectivity index (χ0n) is 11.1. The number of halogens is 4. The number of nitrogens with one attached hydrogen (secondary N) is 1. The number of rotatable bonds is 8. The van der Waals surface area contributed by atoms with Gasteiger partial charge in [0.25, 0.3) is 0 Å². The van der Waals surface area contributed by atoms with Crippen LogP contribution < -0.4 is 5.32 Å². The maximum Gasteiger partial charge on any atom is 0.417 e. The normalized spacial score (nSPS) is 11.7. The Bertz CT molecular complexity index is 413. The molecule has 0 amide bonds. The number of hydrogen-bond donors (Lipinski definition) is 1. The smallest absolute Gasteiger partial charge is 0.385 e. The van der Waals surface area contributed by atoms with E-state index in [1.165, 1.54) is 12.1 Å². The predicted molar refractivity (Wildman–Crippen MR) is 72.3 cm³/mol. The van der Waals surface area contributed by atoms with Gasteiger partial charge in [-0.05, 0) is 24.6 Å². The Morgan fingerprint density at radius 3 is 2.60 bits per heavy atom. The maximum atomic E-state index is 12.6. The van der Waals surface area contributed by atoms with Crippen LogP contribution in [0.4, 0.5) is 18.9 Å². The van der Waals surface area contributed by atoms with E-state index in [0.717, 1.165) is 12.5 Å². The number of benzene rings is 1. The highest BCUT2D eigenvalue weighted by Crippen LogP contribution is 2.36. The molecule has 0 aliphatic heterocycles. The summed E-state index contributed by atoms with van der Waals surface area (Å²) >= 11 is 5.53. The average molecular weight is 312 g/mol. The molecule has 0 radical (unpaired) electrons. The van der Waals surface area contributed by atoms with Gasteiger partial charge in [-0.15, -0.1) is 0 Å². The number of hydrogen-bond acceptors (Lipinski definition) is 3. The van der Waals surface area contributed by atoms with Crippen LogP contribution >= 0.6 is 11.6 Å². The van der Waals surface area contributed by atoms with E-state index in [-0.39, 0.29) is 5.02 Å². The van der Waals surface area contributed by atoms with Gasteiger partial charge in [-0.25, -0.2) is 0 Å². The summed E-state index contributed by atoms with van der Waals surface area (Å²) in [5.41, 5.74) is -0.479. The van der Waals surface area contributed by atoms with Crippen molar-refractivity contribution in [2.45, 2.75) is 12.6 Å². The molecule has 0 spiro atoms. The average Bonchev–Trinajstić information content (AvgIpc) is 2.38. The largest absolute Gasteiger partial charge is 0.417 e. The summed E-state index contributed by atoms with van der Waals surface area (Å²) < 4.78 is 48.1. The molecule has 20 heavy (non-hydrogen) atoms. The van der Waals surface area contributed by atoms with Crippen molar-refractivity contribution in [2.24, 2.45) is 0 Å². The van der Waals surface area contributed by atoms with E-state index in [2.05, 4.69) is 5.32 Å². The first-order chi connectivity index (χ1) is 9.45. The van der Waals surface area contributed by atoms with Crippen molar-refractivity contribution in [1.82, 2.24) is 0 Å². The van der Waals surface area contributed by atoms with Crippen molar-refractivity contribution in [3.05, 3.63) is 28.8 Å². The second-order valence-electron chi connectivity index (χ2n) is 4.08. The Kier molecular flexibility index (Phi) is 7.12. The van der Waals surface area contributed by atoms with Gasteiger partial charge in [0, 0.05) is 32.6 Å². The van der Waals surface area contributed by atoms with Crippen LogP contribution in [-0.4, -0.2) is 33.5 Å². The summed E-state index contributed by atoms with van der Waals surface area (Å²) in [4.78, 5) is 0. The lowest BCUT2D eigenvalue weighted by Gasteiger charge is -2.12. The van der Waals surface area contributed by atoms with Crippen molar-refractivity contribution in [1.29, 1.82) is 0 Å². The van der Waals surface area contributed by atoms with Crippen LogP contribution in [0.2, 0.25) is 5.02 Å². The molecular weight excluding hydrogens is 295 g/mol. The maximum absolute atomic E-state index is 12.6. The van der Waals surface area contributed by atoms with E-state index < -0.39 is 11.7 Å². The van der Waals surface area contributed by atoms with E-state index in [0.29, 0.717) is 32.1 Å². The number of ether oxygens (including phenoxy) is 2. The van der Waals surface area contributed by atoms with E-state index >= 15 is 0 Å². The van der Waals surface area contributed by atoms with E-state index in [4.69, 9.17) is 21.1 Å². The first-order valence-electron chi connectivity index (χ1n) is 6.12. The van der Waals surface area contributed by atoms with E-state index in [1.807, 2.05) is 0 Å². The molecule has 1 aromatic rings. The minimum absolute atomic E-state index is 0.307. The SMILES string of the molecule is COCCCOCCNc1ccc(Cl)c(C(F)(F)F)c1. The van der Waals surface area contributed by atoms with Crippen LogP contribution in [-0.2, 0) is 15.7 Å². The standard InChI is InChI=1S/C13H17ClF3NO2/c1-19-6-2-7-20-8-5-18-10-3-4-12(14)11(9-10)13(15,16)17/h3-4,9,18H,2,5-8H2,1H3. The molecule has 0 aliphatic rings. The summed E-state index contributed by atoms with van der Waals surface area (Å²) in [7, 11) is 1.61. The molecule has 0 aliphatic carbocycles. The van der Waals surface area contributed by atoms with Gasteiger partial charge in [-0.1, -0.05) is 11.6 Å². The van der Waals surface area contributed by atoms with Crippen LogP contribution in [0.25, 0.3) is 0 Å². The van der Waals surface area contributed by atoms with Crippen LogP contribution in [0.3, 0.4) is 0 Å². The van der Waals surface area contributed by atoms with E-state index in [9.17, 15) is 13.2 Å². The van der Waals surface area contributed by atoms with Crippen molar-refractivity contribution in [2.75, 3.05) is 38.8 Å². The Morgan fingerprint density at radius 1 is 1.20 bits per heavy atom. The molecule has 0 atom stereocenters.